The van der Waals surface area contributed by atoms with Crippen molar-refractivity contribution in [3.63, 3.8) is 0 Å². The number of carbonyl (C=O) groups is 1. The zero-order valence-corrected chi connectivity index (χ0v) is 18.4. The highest BCUT2D eigenvalue weighted by Crippen LogP contribution is 2.26. The van der Waals surface area contributed by atoms with Gasteiger partial charge in [0.1, 0.15) is 5.75 Å². The average Bonchev–Trinajstić information content (AvgIpc) is 2.88. The van der Waals surface area contributed by atoms with E-state index in [4.69, 9.17) is 4.74 Å². The van der Waals surface area contributed by atoms with Crippen molar-refractivity contribution >= 4 is 34.4 Å². The van der Waals surface area contributed by atoms with Gasteiger partial charge in [-0.1, -0.05) is 0 Å². The maximum Gasteiger partial charge on any atom is 0.491 e. The number of ether oxygens (including phenoxy) is 2. The normalized spacial score (nSPS) is 14.5. The van der Waals surface area contributed by atoms with Gasteiger partial charge >= 0.3 is 12.1 Å². The van der Waals surface area contributed by atoms with Crippen LogP contribution in [0.1, 0.15) is 0 Å². The molecule has 0 saturated carbocycles. The van der Waals surface area contributed by atoms with Crippen LogP contribution in [-0.2, 0) is 9.53 Å². The van der Waals surface area contributed by atoms with E-state index in [0.717, 1.165) is 37.7 Å². The lowest BCUT2D eigenvalue weighted by molar-refractivity contribution is -0.189. The van der Waals surface area contributed by atoms with Gasteiger partial charge in [0, 0.05) is 18.8 Å². The Morgan fingerprint density at radius 3 is 1.54 bits per heavy atom. The summed E-state index contributed by atoms with van der Waals surface area (Å²) in [6, 6.07) is 19.9. The van der Waals surface area contributed by atoms with Crippen LogP contribution in [-0.4, -0.2) is 38.4 Å². The topological polar surface area (TPSA) is 88.2 Å². The van der Waals surface area contributed by atoms with Crippen molar-refractivity contribution in [1.82, 2.24) is 0 Å². The number of hydrogen-bond donors (Lipinski definition) is 0. The highest BCUT2D eigenvalue weighted by molar-refractivity contribution is 5.78. The summed E-state index contributed by atoms with van der Waals surface area (Å²) in [6.45, 7) is 3.19. The minimum absolute atomic E-state index is 0.239. The van der Waals surface area contributed by atoms with Crippen molar-refractivity contribution in [3.8, 4) is 5.75 Å². The van der Waals surface area contributed by atoms with E-state index in [2.05, 4.69) is 30.1 Å². The minimum atomic E-state index is -5.06. The van der Waals surface area contributed by atoms with Gasteiger partial charge in [0.2, 0.25) is 0 Å². The number of hydrogen-bond acceptors (Lipinski definition) is 8. The van der Waals surface area contributed by atoms with Crippen LogP contribution in [0.2, 0.25) is 0 Å². The number of benzene rings is 3. The zero-order chi connectivity index (χ0) is 24.7. The van der Waals surface area contributed by atoms with E-state index >= 15 is 0 Å². The first-order chi connectivity index (χ1) is 16.9. The van der Waals surface area contributed by atoms with E-state index in [1.54, 1.807) is 24.3 Å². The van der Waals surface area contributed by atoms with Crippen molar-refractivity contribution in [1.29, 1.82) is 0 Å². The fourth-order valence-electron chi connectivity index (χ4n) is 3.11. The van der Waals surface area contributed by atoms with Gasteiger partial charge in [0.05, 0.1) is 36.0 Å². The molecule has 0 amide bonds. The summed E-state index contributed by atoms with van der Waals surface area (Å²) in [4.78, 5) is 13.1. The van der Waals surface area contributed by atoms with Crippen LogP contribution in [0, 0.1) is 0 Å². The SMILES string of the molecule is O=C(Oc1ccc(N=Nc2ccc(N=Nc3ccc(N4CCOCC4)cc3)cc2)cc1)C(F)(F)F. The number of esters is 1. The molecule has 3 aromatic carbocycles. The quantitative estimate of drug-likeness (QED) is 0.219. The van der Waals surface area contributed by atoms with Crippen LogP contribution in [0.25, 0.3) is 0 Å². The molecule has 1 fully saturated rings. The van der Waals surface area contributed by atoms with Crippen LogP contribution in [0.4, 0.5) is 41.6 Å². The second kappa shape index (κ2) is 10.9. The van der Waals surface area contributed by atoms with Gasteiger partial charge in [-0.05, 0) is 72.8 Å². The molecule has 8 nitrogen and oxygen atoms in total. The number of halogens is 3. The number of rotatable bonds is 6. The first-order valence-corrected chi connectivity index (χ1v) is 10.6. The Kier molecular flexibility index (Phi) is 7.46. The summed E-state index contributed by atoms with van der Waals surface area (Å²) in [5.74, 6) is -2.52. The molecule has 1 saturated heterocycles. The van der Waals surface area contributed by atoms with Crippen molar-refractivity contribution in [2.45, 2.75) is 6.18 Å². The summed E-state index contributed by atoms with van der Waals surface area (Å²) in [6.07, 6.45) is -5.06. The number of alkyl halides is 3. The molecule has 0 bridgehead atoms. The molecular weight excluding hydrogens is 463 g/mol. The molecule has 0 N–H and O–H groups in total. The molecule has 1 heterocycles. The Bertz CT molecular complexity index is 1190. The summed E-state index contributed by atoms with van der Waals surface area (Å²) < 4.78 is 46.3. The van der Waals surface area contributed by atoms with Crippen LogP contribution in [0.15, 0.2) is 93.3 Å². The lowest BCUT2D eigenvalue weighted by Crippen LogP contribution is -2.36. The van der Waals surface area contributed by atoms with Gasteiger partial charge in [-0.25, -0.2) is 4.79 Å². The van der Waals surface area contributed by atoms with Crippen molar-refractivity contribution in [2.75, 3.05) is 31.2 Å². The lowest BCUT2D eigenvalue weighted by atomic mass is 10.2. The summed E-state index contributed by atoms with van der Waals surface area (Å²) in [7, 11) is 0. The van der Waals surface area contributed by atoms with Gasteiger partial charge in [0.25, 0.3) is 0 Å². The highest BCUT2D eigenvalue weighted by atomic mass is 19.4. The van der Waals surface area contributed by atoms with E-state index < -0.39 is 12.1 Å². The summed E-state index contributed by atoms with van der Waals surface area (Å²) in [5.41, 5.74) is 3.42. The zero-order valence-electron chi connectivity index (χ0n) is 18.4. The molecule has 1 aliphatic rings. The molecule has 1 aliphatic heterocycles. The summed E-state index contributed by atoms with van der Waals surface area (Å²) >= 11 is 0. The Morgan fingerprint density at radius 2 is 1.11 bits per heavy atom. The van der Waals surface area contributed by atoms with Crippen molar-refractivity contribution < 1.29 is 27.4 Å². The number of anilines is 1. The fourth-order valence-corrected chi connectivity index (χ4v) is 3.11. The molecule has 0 aromatic heterocycles. The predicted octanol–water partition coefficient (Wildman–Crippen LogP) is 6.82. The molecule has 0 unspecified atom stereocenters. The molecule has 0 aliphatic carbocycles. The van der Waals surface area contributed by atoms with E-state index in [1.807, 2.05) is 24.3 Å². The van der Waals surface area contributed by atoms with Crippen LogP contribution in [0.3, 0.4) is 0 Å². The number of morpholine rings is 1. The Balaban J connectivity index is 1.31. The molecule has 3 aromatic rings. The molecule has 4 rings (SSSR count). The lowest BCUT2D eigenvalue weighted by Gasteiger charge is -2.28. The van der Waals surface area contributed by atoms with Crippen LogP contribution in [0.5, 0.6) is 5.75 Å². The summed E-state index contributed by atoms with van der Waals surface area (Å²) in [5, 5.41) is 16.6. The molecule has 0 atom stereocenters. The third kappa shape index (κ3) is 6.93. The predicted molar refractivity (Wildman–Crippen MR) is 122 cm³/mol. The van der Waals surface area contributed by atoms with Gasteiger partial charge < -0.3 is 14.4 Å². The third-order valence-electron chi connectivity index (χ3n) is 4.92. The van der Waals surface area contributed by atoms with Gasteiger partial charge in [-0.3, -0.25) is 0 Å². The molecule has 11 heteroatoms. The second-order valence-electron chi connectivity index (χ2n) is 7.41. The Labute approximate surface area is 198 Å². The largest absolute Gasteiger partial charge is 0.491 e. The van der Waals surface area contributed by atoms with Gasteiger partial charge in [-0.2, -0.15) is 33.6 Å². The number of nitrogens with zero attached hydrogens (tertiary/aromatic N) is 5. The second-order valence-corrected chi connectivity index (χ2v) is 7.41. The van der Waals surface area contributed by atoms with Crippen LogP contribution < -0.4 is 9.64 Å². The molecule has 0 spiro atoms. The Hall–Kier alpha value is -4.12. The smallest absolute Gasteiger partial charge is 0.420 e. The maximum atomic E-state index is 12.2. The average molecular weight is 483 g/mol. The van der Waals surface area contributed by atoms with E-state index in [0.29, 0.717) is 17.1 Å². The first-order valence-electron chi connectivity index (χ1n) is 10.6. The number of carbonyl (C=O) groups excluding carboxylic acids is 1. The van der Waals surface area contributed by atoms with Crippen molar-refractivity contribution in [3.05, 3.63) is 72.8 Å². The van der Waals surface area contributed by atoms with E-state index in [1.165, 1.54) is 24.3 Å². The van der Waals surface area contributed by atoms with Crippen molar-refractivity contribution in [2.24, 2.45) is 20.5 Å². The molecular formula is C24H20F3N5O3. The standard InChI is InChI=1S/C24H20F3N5O3/c25-24(26,27)23(33)35-22-11-7-20(8-12-22)31-29-18-3-1-17(2-4-18)28-30-19-5-9-21(10-6-19)32-13-15-34-16-14-32/h1-12H,13-16H2. The monoisotopic (exact) mass is 483 g/mol. The number of azo groups is 2. The van der Waals surface area contributed by atoms with Gasteiger partial charge in [0.15, 0.2) is 0 Å². The van der Waals surface area contributed by atoms with Gasteiger partial charge in [-0.15, -0.1) is 0 Å². The molecule has 180 valence electrons. The fraction of sp³-hybridized carbons (Fsp3) is 0.208. The maximum absolute atomic E-state index is 12.2. The Morgan fingerprint density at radius 1 is 0.714 bits per heavy atom. The van der Waals surface area contributed by atoms with E-state index in [9.17, 15) is 18.0 Å². The third-order valence-corrected chi connectivity index (χ3v) is 4.92. The molecule has 35 heavy (non-hydrogen) atoms. The first kappa shape index (κ1) is 24.0. The molecule has 0 radical (unpaired) electrons. The van der Waals surface area contributed by atoms with E-state index in [-0.39, 0.29) is 5.75 Å². The highest BCUT2D eigenvalue weighted by Gasteiger charge is 2.41. The van der Waals surface area contributed by atoms with Crippen LogP contribution >= 0.6 is 0 Å². The minimum Gasteiger partial charge on any atom is -0.420 e.